The van der Waals surface area contributed by atoms with Gasteiger partial charge in [-0.1, -0.05) is 0 Å². The van der Waals surface area contributed by atoms with E-state index >= 15 is 0 Å². The Labute approximate surface area is 125 Å². The number of carbonyl (C=O) groups is 1. The number of aliphatic hydroxyl groups is 10. The molecule has 0 radical (unpaired) electrons. The second kappa shape index (κ2) is 12.8. The molecule has 0 spiro atoms. The van der Waals surface area contributed by atoms with Crippen molar-refractivity contribution in [2.75, 3.05) is 19.8 Å². The van der Waals surface area contributed by atoms with Gasteiger partial charge in [0.2, 0.25) is 0 Å². The van der Waals surface area contributed by atoms with E-state index in [2.05, 4.69) is 0 Å². The molecule has 11 heteroatoms. The third-order valence-electron chi connectivity index (χ3n) is 2.58. The van der Waals surface area contributed by atoms with Gasteiger partial charge in [-0.2, -0.15) is 0 Å². The van der Waals surface area contributed by atoms with Gasteiger partial charge in [0, 0.05) is 0 Å². The van der Waals surface area contributed by atoms with Crippen molar-refractivity contribution >= 4 is 6.29 Å². The van der Waals surface area contributed by atoms with Gasteiger partial charge >= 0.3 is 0 Å². The number of aliphatic hydroxyl groups excluding tert-OH is 10. The molecule has 0 rings (SSSR count). The van der Waals surface area contributed by atoms with Gasteiger partial charge in [-0.3, -0.25) is 0 Å². The maximum atomic E-state index is 9.76. The molecule has 0 aliphatic rings. The van der Waals surface area contributed by atoms with Gasteiger partial charge in [0.05, 0.1) is 19.8 Å². The van der Waals surface area contributed by atoms with E-state index in [1.807, 2.05) is 0 Å². The number of rotatable bonds is 9. The molecule has 0 heterocycles. The Morgan fingerprint density at radius 1 is 0.591 bits per heavy atom. The van der Waals surface area contributed by atoms with E-state index < -0.39 is 62.5 Å². The van der Waals surface area contributed by atoms with E-state index in [1.54, 1.807) is 0 Å². The summed E-state index contributed by atoms with van der Waals surface area (Å²) in [5.41, 5.74) is 0. The van der Waals surface area contributed by atoms with Crippen molar-refractivity contribution < 1.29 is 55.9 Å². The predicted molar refractivity (Wildman–Crippen MR) is 69.4 cm³/mol. The molecule has 0 saturated carbocycles. The van der Waals surface area contributed by atoms with Gasteiger partial charge in [0.15, 0.2) is 6.29 Å². The second-order valence-corrected chi connectivity index (χ2v) is 4.35. The molecule has 134 valence electrons. The van der Waals surface area contributed by atoms with Gasteiger partial charge in [0.1, 0.15) is 42.7 Å². The Balaban J connectivity index is 0. The Morgan fingerprint density at radius 2 is 0.864 bits per heavy atom. The van der Waals surface area contributed by atoms with Crippen molar-refractivity contribution in [3.63, 3.8) is 0 Å². The lowest BCUT2D eigenvalue weighted by Gasteiger charge is -2.24. The lowest BCUT2D eigenvalue weighted by Crippen LogP contribution is -2.46. The standard InChI is InChI=1S/C6H14O6.C5H10O5/c7-1-3(9)5(11)6(12)4(10)2-8;6-1-3(8)5(10)4(9)2-7/h3-12H,1-2H2;1,3-5,7-10H,2H2/t3-,4+,5+,6-;3-,4-,5+/m.1/s1. The van der Waals surface area contributed by atoms with Crippen LogP contribution in [0.2, 0.25) is 0 Å². The quantitative estimate of drug-likeness (QED) is 0.179. The second-order valence-electron chi connectivity index (χ2n) is 4.35. The molecule has 11 nitrogen and oxygen atoms in total. The van der Waals surface area contributed by atoms with Gasteiger partial charge in [0.25, 0.3) is 0 Å². The summed E-state index contributed by atoms with van der Waals surface area (Å²) in [4.78, 5) is 9.76. The van der Waals surface area contributed by atoms with Gasteiger partial charge in [-0.15, -0.1) is 0 Å². The fraction of sp³-hybridized carbons (Fsp3) is 0.909. The van der Waals surface area contributed by atoms with Crippen LogP contribution in [0.5, 0.6) is 0 Å². The summed E-state index contributed by atoms with van der Waals surface area (Å²) < 4.78 is 0. The highest BCUT2D eigenvalue weighted by Crippen LogP contribution is 2.04. The summed E-state index contributed by atoms with van der Waals surface area (Å²) in [5.74, 6) is 0. The first kappa shape index (κ1) is 23.5. The first-order valence-electron chi connectivity index (χ1n) is 6.22. The zero-order chi connectivity index (χ0) is 17.9. The van der Waals surface area contributed by atoms with Crippen LogP contribution in [0.4, 0.5) is 0 Å². The van der Waals surface area contributed by atoms with E-state index in [0.717, 1.165) is 0 Å². The molecule has 7 atom stereocenters. The van der Waals surface area contributed by atoms with E-state index in [1.165, 1.54) is 0 Å². The molecule has 0 aliphatic carbocycles. The number of carbonyl (C=O) groups excluding carboxylic acids is 1. The molecule has 0 aromatic rings. The van der Waals surface area contributed by atoms with Gasteiger partial charge in [-0.05, 0) is 0 Å². The average molecular weight is 332 g/mol. The Hall–Kier alpha value is -0.730. The smallest absolute Gasteiger partial charge is 0.151 e. The Bertz CT molecular complexity index is 263. The highest BCUT2D eigenvalue weighted by Gasteiger charge is 2.29. The molecule has 0 aromatic carbocycles. The molecule has 10 N–H and O–H groups in total. The summed E-state index contributed by atoms with van der Waals surface area (Å²) in [6.45, 7) is -2.14. The van der Waals surface area contributed by atoms with Gasteiger partial charge < -0.3 is 55.9 Å². The maximum absolute atomic E-state index is 9.76. The van der Waals surface area contributed by atoms with Crippen LogP contribution in [-0.2, 0) is 4.79 Å². The largest absolute Gasteiger partial charge is 0.394 e. The summed E-state index contributed by atoms with van der Waals surface area (Å²) in [6, 6.07) is 0. The third-order valence-corrected chi connectivity index (χ3v) is 2.58. The molecule has 0 unspecified atom stereocenters. The fourth-order valence-electron chi connectivity index (χ4n) is 1.09. The van der Waals surface area contributed by atoms with E-state index in [9.17, 15) is 4.79 Å². The zero-order valence-corrected chi connectivity index (χ0v) is 11.6. The van der Waals surface area contributed by atoms with Crippen molar-refractivity contribution in [2.45, 2.75) is 42.7 Å². The molecule has 0 bridgehead atoms. The predicted octanol–water partition coefficient (Wildman–Crippen LogP) is -6.33. The monoisotopic (exact) mass is 332 g/mol. The number of hydrogen-bond donors (Lipinski definition) is 10. The highest BCUT2D eigenvalue weighted by atomic mass is 16.4. The normalized spacial score (nSPS) is 20.6. The van der Waals surface area contributed by atoms with Crippen LogP contribution < -0.4 is 0 Å². The highest BCUT2D eigenvalue weighted by molar-refractivity contribution is 5.56. The van der Waals surface area contributed by atoms with E-state index in [4.69, 9.17) is 51.1 Å². The number of aldehydes is 1. The van der Waals surface area contributed by atoms with Crippen molar-refractivity contribution in [1.82, 2.24) is 0 Å². The molecular formula is C11H24O11. The van der Waals surface area contributed by atoms with Crippen molar-refractivity contribution in [1.29, 1.82) is 0 Å². The minimum Gasteiger partial charge on any atom is -0.394 e. The van der Waals surface area contributed by atoms with Crippen LogP contribution in [-0.4, -0.2) is 120 Å². The number of hydrogen-bond acceptors (Lipinski definition) is 11. The summed E-state index contributed by atoms with van der Waals surface area (Å²) in [6.07, 6.45) is -11.0. The molecule has 22 heavy (non-hydrogen) atoms. The molecule has 0 fully saturated rings. The lowest BCUT2D eigenvalue weighted by atomic mass is 10.0. The van der Waals surface area contributed by atoms with Crippen LogP contribution in [0.1, 0.15) is 0 Å². The SMILES string of the molecule is O=C[C@@H](O)[C@H](O)[C@H](O)CO.OC[C@@H](O)[C@H](O)[C@H](O)[C@@H](O)CO. The van der Waals surface area contributed by atoms with Crippen LogP contribution in [0.3, 0.4) is 0 Å². The first-order valence-corrected chi connectivity index (χ1v) is 6.22. The third kappa shape index (κ3) is 8.65. The average Bonchev–Trinajstić information content (AvgIpc) is 2.56. The fourth-order valence-corrected chi connectivity index (χ4v) is 1.09. The van der Waals surface area contributed by atoms with Crippen LogP contribution >= 0.6 is 0 Å². The molecule has 0 aromatic heterocycles. The molecule has 0 amide bonds. The molecular weight excluding hydrogens is 308 g/mol. The van der Waals surface area contributed by atoms with Gasteiger partial charge in [-0.25, -0.2) is 0 Å². The minimum atomic E-state index is -1.67. The van der Waals surface area contributed by atoms with E-state index in [0.29, 0.717) is 0 Å². The van der Waals surface area contributed by atoms with Crippen molar-refractivity contribution in [3.05, 3.63) is 0 Å². The lowest BCUT2D eigenvalue weighted by molar-refractivity contribution is -0.127. The first-order chi connectivity index (χ1) is 10.2. The topological polar surface area (TPSA) is 219 Å². The summed E-state index contributed by atoms with van der Waals surface area (Å²) in [5, 5.41) is 86.2. The van der Waals surface area contributed by atoms with Crippen LogP contribution in [0.25, 0.3) is 0 Å². The Morgan fingerprint density at radius 3 is 1.09 bits per heavy atom. The van der Waals surface area contributed by atoms with Crippen LogP contribution in [0.15, 0.2) is 0 Å². The van der Waals surface area contributed by atoms with Crippen molar-refractivity contribution in [2.24, 2.45) is 0 Å². The molecule has 0 aliphatic heterocycles. The van der Waals surface area contributed by atoms with E-state index in [-0.39, 0.29) is 6.29 Å². The summed E-state index contributed by atoms with van der Waals surface area (Å²) in [7, 11) is 0. The Kier molecular flexibility index (Phi) is 13.7. The van der Waals surface area contributed by atoms with Crippen LogP contribution in [0, 0.1) is 0 Å². The summed E-state index contributed by atoms with van der Waals surface area (Å²) >= 11 is 0. The zero-order valence-electron chi connectivity index (χ0n) is 11.6. The minimum absolute atomic E-state index is 0.0869. The molecule has 0 saturated heterocycles. The maximum Gasteiger partial charge on any atom is 0.151 e. The van der Waals surface area contributed by atoms with Crippen molar-refractivity contribution in [3.8, 4) is 0 Å².